The van der Waals surface area contributed by atoms with Gasteiger partial charge in [0.25, 0.3) is 5.91 Å². The minimum absolute atomic E-state index is 0.134. The van der Waals surface area contributed by atoms with Crippen LogP contribution in [0.25, 0.3) is 0 Å². The van der Waals surface area contributed by atoms with E-state index in [2.05, 4.69) is 28.5 Å². The fourth-order valence-electron chi connectivity index (χ4n) is 3.57. The summed E-state index contributed by atoms with van der Waals surface area (Å²) < 4.78 is 5.42. The molecule has 0 radical (unpaired) electrons. The number of ether oxygens (including phenoxy) is 1. The maximum atomic E-state index is 12.8. The first-order chi connectivity index (χ1) is 11.7. The highest BCUT2D eigenvalue weighted by molar-refractivity contribution is 7.10. The maximum Gasteiger partial charge on any atom is 0.254 e. The summed E-state index contributed by atoms with van der Waals surface area (Å²) in [5.74, 6) is 0.134. The number of methoxy groups -OCH3 is 1. The van der Waals surface area contributed by atoms with Crippen LogP contribution < -0.4 is 4.90 Å². The third kappa shape index (κ3) is 2.94. The average Bonchev–Trinajstić information content (AvgIpc) is 3.29. The first-order valence-electron chi connectivity index (χ1n) is 8.47. The number of rotatable bonds is 3. The van der Waals surface area contributed by atoms with E-state index in [1.54, 1.807) is 18.4 Å². The number of benzene rings is 1. The summed E-state index contributed by atoms with van der Waals surface area (Å²) in [5, 5.41) is 2.12. The number of carbonyl (C=O) groups is 1. The molecular formula is C19H22N2O2S. The molecule has 0 aliphatic carbocycles. The average molecular weight is 342 g/mol. The third-order valence-electron chi connectivity index (χ3n) is 5.05. The molecule has 1 fully saturated rings. The standard InChI is InChI=1S/C19H22N2O2S/c1-23-17-6-9-20(13-17)16-4-2-14(3-5-16)19(22)21-10-7-18-15(12-21)8-11-24-18/h2-5,8,11,17H,6-7,9-10,12-13H2,1H3/t17-/m0/s1. The highest BCUT2D eigenvalue weighted by Gasteiger charge is 2.24. The summed E-state index contributed by atoms with van der Waals surface area (Å²) in [6.07, 6.45) is 2.36. The Hall–Kier alpha value is -1.85. The highest BCUT2D eigenvalue weighted by Crippen LogP contribution is 2.26. The van der Waals surface area contributed by atoms with E-state index in [-0.39, 0.29) is 5.91 Å². The second-order valence-electron chi connectivity index (χ2n) is 6.48. The number of nitrogens with zero attached hydrogens (tertiary/aromatic N) is 2. The maximum absolute atomic E-state index is 12.8. The van der Waals surface area contributed by atoms with Gasteiger partial charge in [0.1, 0.15) is 0 Å². The van der Waals surface area contributed by atoms with Crippen molar-refractivity contribution < 1.29 is 9.53 Å². The van der Waals surface area contributed by atoms with Crippen molar-refractivity contribution in [3.8, 4) is 0 Å². The molecule has 1 aromatic carbocycles. The predicted octanol–water partition coefficient (Wildman–Crippen LogP) is 3.17. The second kappa shape index (κ2) is 6.57. The molecule has 4 nitrogen and oxygen atoms in total. The Morgan fingerprint density at radius 2 is 2.04 bits per heavy atom. The molecule has 1 atom stereocenters. The van der Waals surface area contributed by atoms with Crippen LogP contribution in [-0.2, 0) is 17.7 Å². The fraction of sp³-hybridized carbons (Fsp3) is 0.421. The van der Waals surface area contributed by atoms with Crippen molar-refractivity contribution in [2.24, 2.45) is 0 Å². The van der Waals surface area contributed by atoms with Crippen LogP contribution in [0.1, 0.15) is 27.2 Å². The largest absolute Gasteiger partial charge is 0.380 e. The normalized spacial score (nSPS) is 20.3. The number of anilines is 1. The van der Waals surface area contributed by atoms with Crippen molar-refractivity contribution in [3.05, 3.63) is 51.7 Å². The van der Waals surface area contributed by atoms with Gasteiger partial charge in [0.2, 0.25) is 0 Å². The summed E-state index contributed by atoms with van der Waals surface area (Å²) in [5.41, 5.74) is 3.25. The van der Waals surface area contributed by atoms with Crippen molar-refractivity contribution >= 4 is 22.9 Å². The number of carbonyl (C=O) groups excluding carboxylic acids is 1. The van der Waals surface area contributed by atoms with Gasteiger partial charge in [-0.2, -0.15) is 0 Å². The number of amides is 1. The Kier molecular flexibility index (Phi) is 4.29. The van der Waals surface area contributed by atoms with Crippen molar-refractivity contribution in [1.29, 1.82) is 0 Å². The Morgan fingerprint density at radius 3 is 2.79 bits per heavy atom. The van der Waals surface area contributed by atoms with Gasteiger partial charge in [-0.1, -0.05) is 0 Å². The van der Waals surface area contributed by atoms with Gasteiger partial charge in [0.05, 0.1) is 6.10 Å². The van der Waals surface area contributed by atoms with E-state index >= 15 is 0 Å². The lowest BCUT2D eigenvalue weighted by Gasteiger charge is -2.27. The summed E-state index contributed by atoms with van der Waals surface area (Å²) in [6, 6.07) is 10.2. The number of hydrogen-bond acceptors (Lipinski definition) is 4. The van der Waals surface area contributed by atoms with Crippen LogP contribution in [0.4, 0.5) is 5.69 Å². The van der Waals surface area contributed by atoms with Gasteiger partial charge in [0.15, 0.2) is 0 Å². The Morgan fingerprint density at radius 1 is 1.21 bits per heavy atom. The van der Waals surface area contributed by atoms with Crippen molar-refractivity contribution in [1.82, 2.24) is 4.90 Å². The molecular weight excluding hydrogens is 320 g/mol. The van der Waals surface area contributed by atoms with Crippen LogP contribution in [0.2, 0.25) is 0 Å². The summed E-state index contributed by atoms with van der Waals surface area (Å²) in [6.45, 7) is 3.49. The molecule has 0 spiro atoms. The van der Waals surface area contributed by atoms with Crippen LogP contribution >= 0.6 is 11.3 Å². The second-order valence-corrected chi connectivity index (χ2v) is 7.49. The van der Waals surface area contributed by atoms with E-state index in [1.165, 1.54) is 16.1 Å². The molecule has 1 saturated heterocycles. The molecule has 2 aromatic rings. The molecule has 5 heteroatoms. The molecule has 0 saturated carbocycles. The first-order valence-corrected chi connectivity index (χ1v) is 9.35. The summed E-state index contributed by atoms with van der Waals surface area (Å²) >= 11 is 1.80. The Labute approximate surface area is 146 Å². The zero-order valence-electron chi connectivity index (χ0n) is 13.9. The number of fused-ring (bicyclic) bond motifs is 1. The van der Waals surface area contributed by atoms with E-state index in [9.17, 15) is 4.79 Å². The first kappa shape index (κ1) is 15.7. The summed E-state index contributed by atoms with van der Waals surface area (Å²) in [4.78, 5) is 18.5. The predicted molar refractivity (Wildman–Crippen MR) is 96.8 cm³/mol. The van der Waals surface area contributed by atoms with Crippen LogP contribution in [-0.4, -0.2) is 43.7 Å². The molecule has 24 heavy (non-hydrogen) atoms. The van der Waals surface area contributed by atoms with Crippen LogP contribution in [0.5, 0.6) is 0 Å². The van der Waals surface area contributed by atoms with Gasteiger partial charge >= 0.3 is 0 Å². The molecule has 3 heterocycles. The Bertz CT molecular complexity index is 725. The minimum Gasteiger partial charge on any atom is -0.380 e. The smallest absolute Gasteiger partial charge is 0.254 e. The quantitative estimate of drug-likeness (QED) is 0.859. The van der Waals surface area contributed by atoms with Gasteiger partial charge in [-0.25, -0.2) is 0 Å². The topological polar surface area (TPSA) is 32.8 Å². The lowest BCUT2D eigenvalue weighted by molar-refractivity contribution is 0.0736. The van der Waals surface area contributed by atoms with Crippen molar-refractivity contribution in [3.63, 3.8) is 0 Å². The molecule has 0 unspecified atom stereocenters. The molecule has 2 aliphatic heterocycles. The van der Waals surface area contributed by atoms with Crippen LogP contribution in [0.15, 0.2) is 35.7 Å². The summed E-state index contributed by atoms with van der Waals surface area (Å²) in [7, 11) is 1.77. The number of hydrogen-bond donors (Lipinski definition) is 0. The lowest BCUT2D eigenvalue weighted by atomic mass is 10.1. The molecule has 1 amide bonds. The molecule has 2 aliphatic rings. The zero-order chi connectivity index (χ0) is 16.5. The SMILES string of the molecule is CO[C@H]1CCN(c2ccc(C(=O)N3CCc4sccc4C3)cc2)C1. The van der Waals surface area contributed by atoms with E-state index in [0.717, 1.165) is 44.6 Å². The van der Waals surface area contributed by atoms with E-state index in [4.69, 9.17) is 4.74 Å². The van der Waals surface area contributed by atoms with Crippen LogP contribution in [0, 0.1) is 0 Å². The van der Waals surface area contributed by atoms with Gasteiger partial charge in [0, 0.05) is 49.4 Å². The van der Waals surface area contributed by atoms with E-state index in [1.807, 2.05) is 17.0 Å². The molecule has 126 valence electrons. The van der Waals surface area contributed by atoms with E-state index in [0.29, 0.717) is 6.10 Å². The zero-order valence-corrected chi connectivity index (χ0v) is 14.7. The Balaban J connectivity index is 1.44. The third-order valence-corrected chi connectivity index (χ3v) is 6.08. The minimum atomic E-state index is 0.134. The lowest BCUT2D eigenvalue weighted by Crippen LogP contribution is -2.35. The molecule has 4 rings (SSSR count). The van der Waals surface area contributed by atoms with Gasteiger partial charge in [-0.3, -0.25) is 4.79 Å². The van der Waals surface area contributed by atoms with Crippen molar-refractivity contribution in [2.75, 3.05) is 31.6 Å². The molecule has 0 bridgehead atoms. The molecule has 0 N–H and O–H groups in total. The highest BCUT2D eigenvalue weighted by atomic mass is 32.1. The van der Waals surface area contributed by atoms with Gasteiger partial charge in [-0.05, 0) is 54.1 Å². The van der Waals surface area contributed by atoms with Gasteiger partial charge < -0.3 is 14.5 Å². The van der Waals surface area contributed by atoms with Gasteiger partial charge in [-0.15, -0.1) is 11.3 Å². The van der Waals surface area contributed by atoms with Crippen molar-refractivity contribution in [2.45, 2.75) is 25.5 Å². The molecule has 1 aromatic heterocycles. The van der Waals surface area contributed by atoms with Crippen LogP contribution in [0.3, 0.4) is 0 Å². The monoisotopic (exact) mass is 342 g/mol. The fourth-order valence-corrected chi connectivity index (χ4v) is 4.46. The number of thiophene rings is 1. The van der Waals surface area contributed by atoms with E-state index < -0.39 is 0 Å².